The summed E-state index contributed by atoms with van der Waals surface area (Å²) in [5, 5.41) is 0. The number of hydrogen-bond acceptors (Lipinski definition) is 4. The van der Waals surface area contributed by atoms with Gasteiger partial charge in [0.1, 0.15) is 5.78 Å². The Kier molecular flexibility index (Phi) is 2.62. The van der Waals surface area contributed by atoms with Crippen LogP contribution in [0.2, 0.25) is 0 Å². The summed E-state index contributed by atoms with van der Waals surface area (Å²) in [6.45, 7) is 1.12. The maximum absolute atomic E-state index is 11.8. The molecule has 0 aromatic carbocycles. The molecule has 0 aromatic heterocycles. The van der Waals surface area contributed by atoms with Crippen LogP contribution in [0.1, 0.15) is 12.8 Å². The smallest absolute Gasteiger partial charge is 0.151 e. The third-order valence-electron chi connectivity index (χ3n) is 2.97. The van der Waals surface area contributed by atoms with E-state index in [1.807, 2.05) is 0 Å². The van der Waals surface area contributed by atoms with Gasteiger partial charge in [-0.25, -0.2) is 8.42 Å². The van der Waals surface area contributed by atoms with Gasteiger partial charge >= 0.3 is 0 Å². The number of Topliss-reactive ketones (excluding diaryl/α,β-unsaturated/α-hetero) is 1. The van der Waals surface area contributed by atoms with E-state index < -0.39 is 9.84 Å². The van der Waals surface area contributed by atoms with Crippen molar-refractivity contribution in [2.75, 3.05) is 24.7 Å². The third kappa shape index (κ3) is 1.98. The molecule has 0 spiro atoms. The molecule has 2 unspecified atom stereocenters. The summed E-state index contributed by atoms with van der Waals surface area (Å²) in [5.41, 5.74) is 0. The normalized spacial score (nSPS) is 36.0. The fourth-order valence-electron chi connectivity index (χ4n) is 2.11. The van der Waals surface area contributed by atoms with E-state index in [4.69, 9.17) is 4.74 Å². The molecule has 2 aliphatic rings. The Hall–Kier alpha value is -0.420. The van der Waals surface area contributed by atoms with Crippen molar-refractivity contribution in [1.29, 1.82) is 0 Å². The minimum Gasteiger partial charge on any atom is -0.381 e. The number of rotatable bonds is 2. The zero-order valence-electron chi connectivity index (χ0n) is 7.94. The van der Waals surface area contributed by atoms with E-state index in [-0.39, 0.29) is 29.1 Å². The highest BCUT2D eigenvalue weighted by atomic mass is 32.2. The van der Waals surface area contributed by atoms with Crippen LogP contribution in [0.15, 0.2) is 0 Å². The van der Waals surface area contributed by atoms with Crippen LogP contribution in [0.25, 0.3) is 0 Å². The van der Waals surface area contributed by atoms with E-state index in [2.05, 4.69) is 0 Å². The van der Waals surface area contributed by atoms with Crippen molar-refractivity contribution in [1.82, 2.24) is 0 Å². The lowest BCUT2D eigenvalue weighted by atomic mass is 9.92. The largest absolute Gasteiger partial charge is 0.381 e. The molecule has 0 amide bonds. The molecule has 5 heteroatoms. The van der Waals surface area contributed by atoms with Crippen molar-refractivity contribution in [3.05, 3.63) is 0 Å². The van der Waals surface area contributed by atoms with Crippen LogP contribution in [0, 0.1) is 11.8 Å². The van der Waals surface area contributed by atoms with Crippen LogP contribution in [-0.4, -0.2) is 38.9 Å². The predicted octanol–water partition coefficient (Wildman–Crippen LogP) is 0.0267. The molecule has 2 fully saturated rings. The van der Waals surface area contributed by atoms with Crippen LogP contribution < -0.4 is 0 Å². The zero-order valence-corrected chi connectivity index (χ0v) is 8.76. The Morgan fingerprint density at radius 3 is 2.50 bits per heavy atom. The minimum absolute atomic E-state index is 0.0479. The van der Waals surface area contributed by atoms with Crippen LogP contribution in [-0.2, 0) is 19.4 Å². The molecule has 0 N–H and O–H groups in total. The lowest BCUT2D eigenvalue weighted by Gasteiger charge is -2.10. The molecule has 0 saturated carbocycles. The fraction of sp³-hybridized carbons (Fsp3) is 0.889. The van der Waals surface area contributed by atoms with Crippen molar-refractivity contribution >= 4 is 15.6 Å². The van der Waals surface area contributed by atoms with Gasteiger partial charge in [0.05, 0.1) is 18.1 Å². The average molecular weight is 218 g/mol. The highest BCUT2D eigenvalue weighted by Crippen LogP contribution is 2.25. The number of carbonyl (C=O) groups excluding carboxylic acids is 1. The quantitative estimate of drug-likeness (QED) is 0.656. The summed E-state index contributed by atoms with van der Waals surface area (Å²) in [6, 6.07) is 0. The summed E-state index contributed by atoms with van der Waals surface area (Å²) < 4.78 is 27.5. The monoisotopic (exact) mass is 218 g/mol. The van der Waals surface area contributed by atoms with Gasteiger partial charge in [-0.2, -0.15) is 0 Å². The van der Waals surface area contributed by atoms with E-state index in [1.165, 1.54) is 0 Å². The first-order valence-corrected chi connectivity index (χ1v) is 6.72. The summed E-state index contributed by atoms with van der Waals surface area (Å²) in [5.74, 6) is 0.0304. The van der Waals surface area contributed by atoms with E-state index in [0.717, 1.165) is 6.42 Å². The fourth-order valence-corrected chi connectivity index (χ4v) is 3.87. The molecule has 2 saturated heterocycles. The predicted molar refractivity (Wildman–Crippen MR) is 50.7 cm³/mol. The van der Waals surface area contributed by atoms with Crippen LogP contribution >= 0.6 is 0 Å². The lowest BCUT2D eigenvalue weighted by molar-refractivity contribution is -0.126. The molecule has 0 aromatic rings. The Labute approximate surface area is 83.5 Å². The number of ether oxygens (including phenoxy) is 1. The van der Waals surface area contributed by atoms with Crippen molar-refractivity contribution in [3.63, 3.8) is 0 Å². The highest BCUT2D eigenvalue weighted by Gasteiger charge is 2.37. The molecule has 80 valence electrons. The highest BCUT2D eigenvalue weighted by molar-refractivity contribution is 7.91. The van der Waals surface area contributed by atoms with Crippen molar-refractivity contribution in [2.45, 2.75) is 12.8 Å². The SMILES string of the molecule is O=C(C1CCOC1)C1CCS(=O)(=O)C1. The van der Waals surface area contributed by atoms with Crippen molar-refractivity contribution in [2.24, 2.45) is 11.8 Å². The van der Waals surface area contributed by atoms with Crippen LogP contribution in [0.5, 0.6) is 0 Å². The molecule has 2 atom stereocenters. The molecule has 2 heterocycles. The van der Waals surface area contributed by atoms with Crippen molar-refractivity contribution < 1.29 is 17.9 Å². The second-order valence-electron chi connectivity index (χ2n) is 4.06. The van der Waals surface area contributed by atoms with Gasteiger partial charge in [-0.05, 0) is 12.8 Å². The minimum atomic E-state index is -2.93. The summed E-state index contributed by atoms with van der Waals surface area (Å²) in [4.78, 5) is 11.8. The maximum atomic E-state index is 11.8. The molecule has 0 radical (unpaired) electrons. The molecule has 2 rings (SSSR count). The first-order valence-electron chi connectivity index (χ1n) is 4.90. The zero-order chi connectivity index (χ0) is 10.2. The van der Waals surface area contributed by atoms with E-state index in [1.54, 1.807) is 0 Å². The van der Waals surface area contributed by atoms with Gasteiger partial charge < -0.3 is 4.74 Å². The average Bonchev–Trinajstić information content (AvgIpc) is 2.72. The molecular weight excluding hydrogens is 204 g/mol. The van der Waals surface area contributed by atoms with Gasteiger partial charge in [0, 0.05) is 18.4 Å². The van der Waals surface area contributed by atoms with Crippen molar-refractivity contribution in [3.8, 4) is 0 Å². The van der Waals surface area contributed by atoms with Crippen LogP contribution in [0.4, 0.5) is 0 Å². The first kappa shape index (κ1) is 10.1. The van der Waals surface area contributed by atoms with Gasteiger partial charge in [0.2, 0.25) is 0 Å². The van der Waals surface area contributed by atoms with Gasteiger partial charge in [-0.15, -0.1) is 0 Å². The van der Waals surface area contributed by atoms with Gasteiger partial charge in [-0.1, -0.05) is 0 Å². The third-order valence-corrected chi connectivity index (χ3v) is 4.73. The van der Waals surface area contributed by atoms with Gasteiger partial charge in [0.15, 0.2) is 9.84 Å². The standard InChI is InChI=1S/C9H14O4S/c10-9(7-1-3-13-5-7)8-2-4-14(11,12)6-8/h7-8H,1-6H2. The Balaban J connectivity index is 1.99. The second-order valence-corrected chi connectivity index (χ2v) is 6.29. The second kappa shape index (κ2) is 3.62. The topological polar surface area (TPSA) is 60.4 Å². The van der Waals surface area contributed by atoms with Gasteiger partial charge in [-0.3, -0.25) is 4.79 Å². The molecule has 2 aliphatic heterocycles. The molecule has 0 aliphatic carbocycles. The number of hydrogen-bond donors (Lipinski definition) is 0. The van der Waals surface area contributed by atoms with E-state index >= 15 is 0 Å². The number of sulfone groups is 1. The van der Waals surface area contributed by atoms with Crippen LogP contribution in [0.3, 0.4) is 0 Å². The molecule has 4 nitrogen and oxygen atoms in total. The maximum Gasteiger partial charge on any atom is 0.151 e. The molecule has 14 heavy (non-hydrogen) atoms. The molecule has 0 bridgehead atoms. The number of carbonyl (C=O) groups is 1. The summed E-state index contributed by atoms with van der Waals surface area (Å²) in [7, 11) is -2.93. The lowest BCUT2D eigenvalue weighted by Crippen LogP contribution is -2.24. The first-order chi connectivity index (χ1) is 6.58. The van der Waals surface area contributed by atoms with E-state index in [0.29, 0.717) is 19.6 Å². The Morgan fingerprint density at radius 1 is 1.21 bits per heavy atom. The molecular formula is C9H14O4S. The Morgan fingerprint density at radius 2 is 2.00 bits per heavy atom. The summed E-state index contributed by atoms with van der Waals surface area (Å²) >= 11 is 0. The number of ketones is 1. The summed E-state index contributed by atoms with van der Waals surface area (Å²) in [6.07, 6.45) is 1.27. The van der Waals surface area contributed by atoms with E-state index in [9.17, 15) is 13.2 Å². The Bertz CT molecular complexity index is 327. The van der Waals surface area contributed by atoms with Gasteiger partial charge in [0.25, 0.3) is 0 Å².